The normalized spacial score (nSPS) is 16.7. The van der Waals surface area contributed by atoms with Gasteiger partial charge in [-0.2, -0.15) is 0 Å². The molecule has 0 bridgehead atoms. The van der Waals surface area contributed by atoms with Gasteiger partial charge in [0.2, 0.25) is 0 Å². The zero-order chi connectivity index (χ0) is 8.04. The highest BCUT2D eigenvalue weighted by molar-refractivity contribution is 8.57. The SMILES string of the molecule is CP(=O)(CCCl)SCCCl. The van der Waals surface area contributed by atoms with Crippen molar-refractivity contribution in [2.75, 3.05) is 30.3 Å². The summed E-state index contributed by atoms with van der Waals surface area (Å²) in [6, 6.07) is 0. The van der Waals surface area contributed by atoms with Gasteiger partial charge in [-0.1, -0.05) is 11.4 Å². The van der Waals surface area contributed by atoms with E-state index in [1.807, 2.05) is 0 Å². The van der Waals surface area contributed by atoms with Crippen LogP contribution in [-0.4, -0.2) is 30.3 Å². The Kier molecular flexibility index (Phi) is 6.43. The Morgan fingerprint density at radius 3 is 2.40 bits per heavy atom. The highest BCUT2D eigenvalue weighted by Gasteiger charge is 2.13. The number of hydrogen-bond donors (Lipinski definition) is 0. The van der Waals surface area contributed by atoms with Gasteiger partial charge in [-0.05, 0) is 6.66 Å². The summed E-state index contributed by atoms with van der Waals surface area (Å²) in [5.41, 5.74) is 0. The molecule has 0 aliphatic rings. The van der Waals surface area contributed by atoms with Crippen LogP contribution in [0.15, 0.2) is 0 Å². The first-order valence-corrected chi connectivity index (χ1v) is 7.95. The lowest BCUT2D eigenvalue weighted by molar-refractivity contribution is 0.589. The number of hydrogen-bond acceptors (Lipinski definition) is 2. The topological polar surface area (TPSA) is 17.1 Å². The maximum Gasteiger partial charge on any atom is 0.137 e. The lowest BCUT2D eigenvalue weighted by Gasteiger charge is -2.08. The molecule has 10 heavy (non-hydrogen) atoms. The van der Waals surface area contributed by atoms with Crippen LogP contribution >= 0.6 is 40.9 Å². The number of halogens is 2. The average Bonchev–Trinajstić information content (AvgIpc) is 1.84. The molecule has 0 spiro atoms. The lowest BCUT2D eigenvalue weighted by Crippen LogP contribution is -1.87. The molecule has 0 saturated carbocycles. The fourth-order valence-corrected chi connectivity index (χ4v) is 5.25. The van der Waals surface area contributed by atoms with Gasteiger partial charge in [-0.25, -0.2) is 0 Å². The number of rotatable bonds is 5. The van der Waals surface area contributed by atoms with E-state index in [2.05, 4.69) is 0 Å². The van der Waals surface area contributed by atoms with Crippen LogP contribution in [-0.2, 0) is 4.57 Å². The zero-order valence-electron chi connectivity index (χ0n) is 5.85. The van der Waals surface area contributed by atoms with Gasteiger partial charge in [-0.3, -0.25) is 0 Å². The fourth-order valence-electron chi connectivity index (χ4n) is 0.446. The molecular formula is C5H11Cl2OPS. The van der Waals surface area contributed by atoms with Crippen molar-refractivity contribution in [3.63, 3.8) is 0 Å². The molecule has 0 aliphatic heterocycles. The van der Waals surface area contributed by atoms with Gasteiger partial charge in [0.25, 0.3) is 0 Å². The average molecular weight is 221 g/mol. The smallest absolute Gasteiger partial charge is 0.137 e. The van der Waals surface area contributed by atoms with Gasteiger partial charge in [0, 0.05) is 23.7 Å². The Balaban J connectivity index is 3.53. The first kappa shape index (κ1) is 11.2. The van der Waals surface area contributed by atoms with Crippen LogP contribution in [0.4, 0.5) is 0 Å². The molecule has 62 valence electrons. The van der Waals surface area contributed by atoms with Crippen molar-refractivity contribution in [1.29, 1.82) is 0 Å². The van der Waals surface area contributed by atoms with Crippen molar-refractivity contribution in [1.82, 2.24) is 0 Å². The van der Waals surface area contributed by atoms with Crippen LogP contribution < -0.4 is 0 Å². The second-order valence-corrected chi connectivity index (χ2v) is 8.94. The summed E-state index contributed by atoms with van der Waals surface area (Å²) in [7, 11) is 0. The summed E-state index contributed by atoms with van der Waals surface area (Å²) in [5.74, 6) is 1.79. The van der Waals surface area contributed by atoms with Crippen LogP contribution in [0.2, 0.25) is 0 Å². The third-order valence-corrected chi connectivity index (χ3v) is 6.50. The molecule has 0 amide bonds. The lowest BCUT2D eigenvalue weighted by atomic mass is 11.0. The van der Waals surface area contributed by atoms with Crippen LogP contribution in [0.25, 0.3) is 0 Å². The molecule has 1 nitrogen and oxygen atoms in total. The van der Waals surface area contributed by atoms with Crippen molar-refractivity contribution in [2.45, 2.75) is 0 Å². The molecule has 0 rings (SSSR count). The molecule has 0 aromatic heterocycles. The van der Waals surface area contributed by atoms with E-state index in [-0.39, 0.29) is 0 Å². The van der Waals surface area contributed by atoms with Gasteiger partial charge in [0.05, 0.1) is 0 Å². The van der Waals surface area contributed by atoms with E-state index >= 15 is 0 Å². The molecule has 5 heteroatoms. The van der Waals surface area contributed by atoms with Crippen molar-refractivity contribution < 1.29 is 4.57 Å². The maximum atomic E-state index is 11.4. The highest BCUT2D eigenvalue weighted by Crippen LogP contribution is 2.54. The third kappa shape index (κ3) is 5.91. The van der Waals surface area contributed by atoms with Crippen LogP contribution in [0, 0.1) is 0 Å². The molecule has 0 aromatic carbocycles. The first-order chi connectivity index (χ1) is 4.62. The predicted octanol–water partition coefficient (Wildman–Crippen LogP) is 3.11. The summed E-state index contributed by atoms with van der Waals surface area (Å²) in [6.45, 7) is 1.76. The van der Waals surface area contributed by atoms with Crippen molar-refractivity contribution in [2.24, 2.45) is 0 Å². The van der Waals surface area contributed by atoms with Crippen molar-refractivity contribution >= 4 is 40.9 Å². The van der Waals surface area contributed by atoms with Gasteiger partial charge >= 0.3 is 0 Å². The summed E-state index contributed by atoms with van der Waals surface area (Å²) >= 11 is 12.3. The maximum absolute atomic E-state index is 11.4. The minimum absolute atomic E-state index is 0.475. The predicted molar refractivity (Wildman–Crippen MR) is 52.3 cm³/mol. The van der Waals surface area contributed by atoms with E-state index in [1.165, 1.54) is 11.4 Å². The molecule has 0 heterocycles. The molecular weight excluding hydrogens is 210 g/mol. The third-order valence-electron chi connectivity index (χ3n) is 0.932. The van der Waals surface area contributed by atoms with Crippen LogP contribution in [0.5, 0.6) is 0 Å². The standard InChI is InChI=1S/C5H11Cl2OPS/c1-9(8,4-2-6)10-5-3-7/h2-5H2,1H3. The van der Waals surface area contributed by atoms with E-state index < -0.39 is 6.34 Å². The second-order valence-electron chi connectivity index (χ2n) is 1.95. The molecule has 0 aromatic rings. The fraction of sp³-hybridized carbons (Fsp3) is 1.00. The Morgan fingerprint density at radius 2 is 2.00 bits per heavy atom. The minimum Gasteiger partial charge on any atom is -0.312 e. The summed E-state index contributed by atoms with van der Waals surface area (Å²) < 4.78 is 11.4. The molecule has 0 radical (unpaired) electrons. The quantitative estimate of drug-likeness (QED) is 0.524. The van der Waals surface area contributed by atoms with Gasteiger partial charge in [-0.15, -0.1) is 23.2 Å². The Hall–Kier alpha value is 1.16. The molecule has 0 fully saturated rings. The monoisotopic (exact) mass is 220 g/mol. The molecule has 0 aliphatic carbocycles. The summed E-state index contributed by atoms with van der Waals surface area (Å²) in [4.78, 5) is 0. The second kappa shape index (κ2) is 5.77. The van der Waals surface area contributed by atoms with Crippen molar-refractivity contribution in [3.8, 4) is 0 Å². The minimum atomic E-state index is -2.01. The van der Waals surface area contributed by atoms with E-state index in [0.717, 1.165) is 5.75 Å². The Morgan fingerprint density at radius 1 is 1.40 bits per heavy atom. The zero-order valence-corrected chi connectivity index (χ0v) is 9.07. The Bertz CT molecular complexity index is 131. The summed E-state index contributed by atoms with van der Waals surface area (Å²) in [6.07, 6.45) is -1.40. The van der Waals surface area contributed by atoms with Crippen LogP contribution in [0.1, 0.15) is 0 Å². The van der Waals surface area contributed by atoms with E-state index in [0.29, 0.717) is 17.9 Å². The van der Waals surface area contributed by atoms with Crippen LogP contribution in [0.3, 0.4) is 0 Å². The van der Waals surface area contributed by atoms with E-state index in [4.69, 9.17) is 23.2 Å². The van der Waals surface area contributed by atoms with Gasteiger partial charge in [0.15, 0.2) is 0 Å². The van der Waals surface area contributed by atoms with Gasteiger partial charge in [0.1, 0.15) is 6.34 Å². The van der Waals surface area contributed by atoms with E-state index in [1.54, 1.807) is 6.66 Å². The largest absolute Gasteiger partial charge is 0.312 e. The molecule has 0 saturated heterocycles. The molecule has 1 atom stereocenters. The highest BCUT2D eigenvalue weighted by atomic mass is 35.5. The first-order valence-electron chi connectivity index (χ1n) is 2.95. The molecule has 0 N–H and O–H groups in total. The van der Waals surface area contributed by atoms with Crippen molar-refractivity contribution in [3.05, 3.63) is 0 Å². The van der Waals surface area contributed by atoms with Gasteiger partial charge < -0.3 is 4.57 Å². The summed E-state index contributed by atoms with van der Waals surface area (Å²) in [5, 5.41) is 0. The Labute approximate surface area is 76.0 Å². The number of alkyl halides is 2. The van der Waals surface area contributed by atoms with E-state index in [9.17, 15) is 4.57 Å². The molecule has 1 unspecified atom stereocenters.